The minimum Gasteiger partial charge on any atom is -0.394 e. The summed E-state index contributed by atoms with van der Waals surface area (Å²) in [5, 5.41) is 22.2. The summed E-state index contributed by atoms with van der Waals surface area (Å²) >= 11 is 0. The van der Waals surface area contributed by atoms with Gasteiger partial charge in [-0.2, -0.15) is 8.42 Å². The normalized spacial score (nSPS) is 27.9. The van der Waals surface area contributed by atoms with E-state index in [0.29, 0.717) is 0 Å². The highest BCUT2D eigenvalue weighted by molar-refractivity contribution is 7.86. The Kier molecular flexibility index (Phi) is 5.93. The molecule has 1 rings (SSSR count). The first kappa shape index (κ1) is 18.1. The van der Waals surface area contributed by atoms with Crippen LogP contribution in [0.4, 0.5) is 0 Å². The fourth-order valence-corrected chi connectivity index (χ4v) is 2.68. The molecule has 21 heavy (non-hydrogen) atoms. The molecule has 0 bridgehead atoms. The largest absolute Gasteiger partial charge is 0.394 e. The Morgan fingerprint density at radius 2 is 2.10 bits per heavy atom. The molecule has 122 valence electrons. The van der Waals surface area contributed by atoms with E-state index in [1.807, 2.05) is 0 Å². The fraction of sp³-hybridized carbons (Fsp3) is 1.00. The molecule has 0 saturated carbocycles. The van der Waals surface area contributed by atoms with Crippen molar-refractivity contribution in [1.29, 1.82) is 0 Å². The van der Waals surface area contributed by atoms with Gasteiger partial charge in [-0.3, -0.25) is 4.18 Å². The third-order valence-electron chi connectivity index (χ3n) is 2.72. The predicted octanol–water partition coefficient (Wildman–Crippen LogP) is -0.485. The molecule has 4 atom stereocenters. The zero-order chi connectivity index (χ0) is 16.3. The van der Waals surface area contributed by atoms with Crippen molar-refractivity contribution in [3.63, 3.8) is 0 Å². The lowest BCUT2D eigenvalue weighted by Gasteiger charge is -2.28. The number of aliphatic hydroxyl groups is 2. The van der Waals surface area contributed by atoms with Gasteiger partial charge in [0.2, 0.25) is 0 Å². The van der Waals surface area contributed by atoms with Crippen molar-refractivity contribution in [2.45, 2.75) is 44.1 Å². The van der Waals surface area contributed by atoms with Crippen LogP contribution < -0.4 is 0 Å². The Morgan fingerprint density at radius 3 is 2.57 bits per heavy atom. The molecule has 0 unspecified atom stereocenters. The van der Waals surface area contributed by atoms with Gasteiger partial charge in [0, 0.05) is 4.91 Å². The van der Waals surface area contributed by atoms with Crippen molar-refractivity contribution in [1.82, 2.24) is 0 Å². The molecule has 0 aromatic rings. The van der Waals surface area contributed by atoms with Gasteiger partial charge in [-0.25, -0.2) is 0 Å². The zero-order valence-electron chi connectivity index (χ0n) is 11.9. The van der Waals surface area contributed by atoms with Gasteiger partial charge < -0.3 is 19.7 Å². The van der Waals surface area contributed by atoms with E-state index in [9.17, 15) is 13.5 Å². The van der Waals surface area contributed by atoms with Gasteiger partial charge in [-0.1, -0.05) is 5.11 Å². The highest BCUT2D eigenvalue weighted by Crippen LogP contribution is 2.32. The number of hydrogen-bond donors (Lipinski definition) is 2. The van der Waals surface area contributed by atoms with Crippen LogP contribution in [0, 0.1) is 0 Å². The van der Waals surface area contributed by atoms with Crippen molar-refractivity contribution in [2.75, 3.05) is 19.4 Å². The summed E-state index contributed by atoms with van der Waals surface area (Å²) in [5.41, 5.74) is 8.37. The number of azide groups is 1. The van der Waals surface area contributed by atoms with Gasteiger partial charge >= 0.3 is 0 Å². The van der Waals surface area contributed by atoms with Crippen molar-refractivity contribution in [3.05, 3.63) is 10.4 Å². The SMILES string of the molecule is CC1(C)O[C@@H]([C@H](OS(C)(=O)=O)[C@H](O)CO)[C@@H](CN=[N+]=[N-])O1. The lowest BCUT2D eigenvalue weighted by atomic mass is 10.0. The smallest absolute Gasteiger partial charge is 0.264 e. The fourth-order valence-electron chi connectivity index (χ4n) is 2.04. The topological polar surface area (TPSA) is 151 Å². The average molecular weight is 325 g/mol. The van der Waals surface area contributed by atoms with Crippen LogP contribution in [0.25, 0.3) is 10.4 Å². The molecule has 0 amide bonds. The van der Waals surface area contributed by atoms with Gasteiger partial charge in [0.15, 0.2) is 5.79 Å². The van der Waals surface area contributed by atoms with Gasteiger partial charge in [-0.15, -0.1) is 0 Å². The third-order valence-corrected chi connectivity index (χ3v) is 3.29. The van der Waals surface area contributed by atoms with Crippen LogP contribution in [0.3, 0.4) is 0 Å². The van der Waals surface area contributed by atoms with Crippen molar-refractivity contribution < 1.29 is 32.3 Å². The maximum absolute atomic E-state index is 11.3. The number of hydrogen-bond acceptors (Lipinski definition) is 8. The summed E-state index contributed by atoms with van der Waals surface area (Å²) in [5.74, 6) is -1.07. The molecule has 2 N–H and O–H groups in total. The Bertz CT molecular complexity index is 503. The van der Waals surface area contributed by atoms with E-state index in [1.165, 1.54) is 0 Å². The highest BCUT2D eigenvalue weighted by atomic mass is 32.2. The van der Waals surface area contributed by atoms with E-state index in [1.54, 1.807) is 13.8 Å². The van der Waals surface area contributed by atoms with Crippen molar-refractivity contribution >= 4 is 10.1 Å². The van der Waals surface area contributed by atoms with E-state index >= 15 is 0 Å². The van der Waals surface area contributed by atoms with Crippen LogP contribution in [0.15, 0.2) is 5.11 Å². The monoisotopic (exact) mass is 325 g/mol. The van der Waals surface area contributed by atoms with Crippen LogP contribution in [-0.2, 0) is 23.8 Å². The standard InChI is InChI=1S/C10H19N3O7S/c1-10(2)18-7(4-12-13-11)9(19-10)8(6(15)5-14)20-21(3,16)17/h6-9,14-15H,4-5H2,1-3H3/t6-,7-,8-,9-/m1/s1. The molecule has 1 aliphatic rings. The molecule has 10 nitrogen and oxygen atoms in total. The molecule has 1 saturated heterocycles. The molecule has 0 aromatic carbocycles. The molecule has 1 heterocycles. The molecule has 0 aliphatic carbocycles. The van der Waals surface area contributed by atoms with Crippen molar-refractivity contribution in [3.8, 4) is 0 Å². The first-order valence-electron chi connectivity index (χ1n) is 6.13. The van der Waals surface area contributed by atoms with Crippen LogP contribution in [0.2, 0.25) is 0 Å². The van der Waals surface area contributed by atoms with Gasteiger partial charge in [-0.05, 0) is 19.4 Å². The summed E-state index contributed by atoms with van der Waals surface area (Å²) in [6.07, 6.45) is -3.92. The number of ether oxygens (including phenoxy) is 2. The molecule has 0 spiro atoms. The summed E-state index contributed by atoms with van der Waals surface area (Å²) in [6, 6.07) is 0. The minimum absolute atomic E-state index is 0.133. The molecule has 1 aliphatic heterocycles. The van der Waals surface area contributed by atoms with E-state index in [-0.39, 0.29) is 6.54 Å². The summed E-state index contributed by atoms with van der Waals surface area (Å²) in [6.45, 7) is 2.30. The molecule has 0 radical (unpaired) electrons. The maximum Gasteiger partial charge on any atom is 0.264 e. The van der Waals surface area contributed by atoms with E-state index in [2.05, 4.69) is 10.0 Å². The lowest BCUT2D eigenvalue weighted by Crippen LogP contribution is -2.48. The molecule has 11 heteroatoms. The first-order valence-corrected chi connectivity index (χ1v) is 7.95. The Morgan fingerprint density at radius 1 is 1.48 bits per heavy atom. The minimum atomic E-state index is -3.91. The average Bonchev–Trinajstić information content (AvgIpc) is 2.66. The Balaban J connectivity index is 3.04. The Labute approximate surface area is 122 Å². The van der Waals surface area contributed by atoms with E-state index in [0.717, 1.165) is 6.26 Å². The summed E-state index contributed by atoms with van der Waals surface area (Å²) in [4.78, 5) is 2.60. The van der Waals surface area contributed by atoms with Crippen molar-refractivity contribution in [2.24, 2.45) is 5.11 Å². The lowest BCUT2D eigenvalue weighted by molar-refractivity contribution is -0.160. The molecular formula is C10H19N3O7S. The van der Waals surface area contributed by atoms with Crippen LogP contribution in [0.5, 0.6) is 0 Å². The summed E-state index contributed by atoms with van der Waals surface area (Å²) < 4.78 is 38.4. The number of nitrogens with zero attached hydrogens (tertiary/aromatic N) is 3. The maximum atomic E-state index is 11.3. The second kappa shape index (κ2) is 6.88. The van der Waals surface area contributed by atoms with Gasteiger partial charge in [0.1, 0.15) is 18.3 Å². The van der Waals surface area contributed by atoms with Crippen LogP contribution in [0.1, 0.15) is 13.8 Å². The highest BCUT2D eigenvalue weighted by Gasteiger charge is 2.48. The Hall–Kier alpha value is -0.940. The van der Waals surface area contributed by atoms with E-state index in [4.69, 9.17) is 24.3 Å². The van der Waals surface area contributed by atoms with Gasteiger partial charge in [0.05, 0.1) is 25.5 Å². The number of aliphatic hydroxyl groups excluding tert-OH is 2. The van der Waals surface area contributed by atoms with Gasteiger partial charge in [0.25, 0.3) is 10.1 Å². The number of rotatable bonds is 7. The second-order valence-corrected chi connectivity index (χ2v) is 6.67. The molecule has 0 aromatic heterocycles. The van der Waals surface area contributed by atoms with Crippen LogP contribution >= 0.6 is 0 Å². The first-order chi connectivity index (χ1) is 9.59. The van der Waals surface area contributed by atoms with Crippen LogP contribution in [-0.4, -0.2) is 68.2 Å². The molecule has 1 fully saturated rings. The predicted molar refractivity (Wildman–Crippen MR) is 70.6 cm³/mol. The second-order valence-electron chi connectivity index (χ2n) is 5.07. The molecular weight excluding hydrogens is 306 g/mol. The summed E-state index contributed by atoms with van der Waals surface area (Å²) in [7, 11) is -3.91. The quantitative estimate of drug-likeness (QED) is 0.277. The third kappa shape index (κ3) is 5.40. The van der Waals surface area contributed by atoms with E-state index < -0.39 is 46.9 Å². The zero-order valence-corrected chi connectivity index (χ0v) is 12.7.